The molecule has 0 aliphatic carbocycles. The first kappa shape index (κ1) is 20.2. The van der Waals surface area contributed by atoms with Gasteiger partial charge in [-0.15, -0.1) is 0 Å². The van der Waals surface area contributed by atoms with Crippen LogP contribution in [-0.2, 0) is 9.53 Å². The summed E-state index contributed by atoms with van der Waals surface area (Å²) in [6.45, 7) is 6.10. The molecule has 0 radical (unpaired) electrons. The van der Waals surface area contributed by atoms with Gasteiger partial charge in [0.05, 0.1) is 6.61 Å². The van der Waals surface area contributed by atoms with Crippen LogP contribution in [0.5, 0.6) is 5.75 Å². The number of rotatable bonds is 8. The molecule has 1 aliphatic rings. The van der Waals surface area contributed by atoms with Crippen molar-refractivity contribution in [1.82, 2.24) is 4.90 Å². The van der Waals surface area contributed by atoms with E-state index in [-0.39, 0.29) is 0 Å². The Labute approximate surface area is 166 Å². The molecule has 6 nitrogen and oxygen atoms in total. The van der Waals surface area contributed by atoms with E-state index >= 15 is 0 Å². The molecule has 0 bridgehead atoms. The number of carboxylic acid groups (broad SMARTS) is 1. The van der Waals surface area contributed by atoms with Crippen LogP contribution >= 0.6 is 0 Å². The van der Waals surface area contributed by atoms with E-state index in [1.165, 1.54) is 11.3 Å². The van der Waals surface area contributed by atoms with Crippen molar-refractivity contribution in [1.29, 1.82) is 0 Å². The highest BCUT2D eigenvalue weighted by Gasteiger charge is 2.30. The van der Waals surface area contributed by atoms with E-state index in [1.54, 1.807) is 7.11 Å². The highest BCUT2D eigenvalue weighted by Crippen LogP contribution is 2.26. The minimum Gasteiger partial charge on any atom is -0.491 e. The predicted octanol–water partition coefficient (Wildman–Crippen LogP) is 2.97. The van der Waals surface area contributed by atoms with Gasteiger partial charge in [0.1, 0.15) is 18.4 Å². The van der Waals surface area contributed by atoms with Crippen LogP contribution in [0.1, 0.15) is 17.2 Å². The Morgan fingerprint density at radius 2 is 1.64 bits per heavy atom. The van der Waals surface area contributed by atoms with Crippen LogP contribution in [-0.4, -0.2) is 62.5 Å². The third-order valence-electron chi connectivity index (χ3n) is 5.06. The first-order valence-corrected chi connectivity index (χ1v) is 9.58. The molecule has 1 fully saturated rings. The summed E-state index contributed by atoms with van der Waals surface area (Å²) in [5.41, 5.74) is 3.20. The Morgan fingerprint density at radius 1 is 1.00 bits per heavy atom. The van der Waals surface area contributed by atoms with Crippen LogP contribution in [0.2, 0.25) is 0 Å². The van der Waals surface area contributed by atoms with Crippen LogP contribution in [0, 0.1) is 6.92 Å². The van der Waals surface area contributed by atoms with Gasteiger partial charge < -0.3 is 19.5 Å². The molecule has 3 rings (SSSR count). The molecule has 1 atom stereocenters. The van der Waals surface area contributed by atoms with Crippen molar-refractivity contribution in [3.8, 4) is 5.75 Å². The fourth-order valence-electron chi connectivity index (χ4n) is 3.49. The number of piperazine rings is 1. The van der Waals surface area contributed by atoms with Crippen LogP contribution in [0.15, 0.2) is 48.5 Å². The highest BCUT2D eigenvalue weighted by molar-refractivity contribution is 5.75. The molecule has 1 saturated heterocycles. The van der Waals surface area contributed by atoms with Crippen LogP contribution in [0.25, 0.3) is 0 Å². The van der Waals surface area contributed by atoms with Gasteiger partial charge in [-0.2, -0.15) is 0 Å². The largest absolute Gasteiger partial charge is 0.491 e. The van der Waals surface area contributed by atoms with E-state index in [9.17, 15) is 9.90 Å². The highest BCUT2D eigenvalue weighted by atomic mass is 16.5. The molecule has 0 amide bonds. The third kappa shape index (κ3) is 5.03. The molecule has 1 N–H and O–H groups in total. The van der Waals surface area contributed by atoms with Crippen molar-refractivity contribution in [3.05, 3.63) is 59.7 Å². The lowest BCUT2D eigenvalue weighted by atomic mass is 10.0. The molecule has 1 aliphatic heterocycles. The van der Waals surface area contributed by atoms with Crippen LogP contribution in [0.4, 0.5) is 5.69 Å². The molecule has 150 valence electrons. The number of hydrogen-bond donors (Lipinski definition) is 1. The molecule has 28 heavy (non-hydrogen) atoms. The Balaban J connectivity index is 1.63. The summed E-state index contributed by atoms with van der Waals surface area (Å²) in [6.07, 6.45) is 0. The van der Waals surface area contributed by atoms with E-state index in [1.807, 2.05) is 29.2 Å². The molecular formula is C22H28N2O4. The maximum Gasteiger partial charge on any atom is 0.325 e. The van der Waals surface area contributed by atoms with Gasteiger partial charge in [-0.25, -0.2) is 0 Å². The van der Waals surface area contributed by atoms with E-state index < -0.39 is 12.0 Å². The normalized spacial score (nSPS) is 16.0. The van der Waals surface area contributed by atoms with E-state index in [0.717, 1.165) is 18.7 Å². The lowest BCUT2D eigenvalue weighted by Gasteiger charge is -2.39. The van der Waals surface area contributed by atoms with Crippen molar-refractivity contribution in [2.45, 2.75) is 13.0 Å². The zero-order valence-corrected chi connectivity index (χ0v) is 16.5. The molecular weight excluding hydrogens is 356 g/mol. The number of carbonyl (C=O) groups is 1. The van der Waals surface area contributed by atoms with Crippen molar-refractivity contribution in [2.75, 3.05) is 51.4 Å². The molecule has 0 aromatic heterocycles. The number of methoxy groups -OCH3 is 1. The number of hydrogen-bond acceptors (Lipinski definition) is 5. The maximum atomic E-state index is 12.0. The molecule has 2 aromatic carbocycles. The minimum atomic E-state index is -0.822. The van der Waals surface area contributed by atoms with Crippen molar-refractivity contribution in [2.24, 2.45) is 0 Å². The topological polar surface area (TPSA) is 62.2 Å². The van der Waals surface area contributed by atoms with Crippen molar-refractivity contribution >= 4 is 11.7 Å². The zero-order chi connectivity index (χ0) is 19.9. The fraction of sp³-hybridized carbons (Fsp3) is 0.409. The van der Waals surface area contributed by atoms with E-state index in [4.69, 9.17) is 9.47 Å². The van der Waals surface area contributed by atoms with Gasteiger partial charge in [0.25, 0.3) is 0 Å². The second-order valence-electron chi connectivity index (χ2n) is 7.01. The Kier molecular flexibility index (Phi) is 6.90. The van der Waals surface area contributed by atoms with Crippen LogP contribution < -0.4 is 9.64 Å². The minimum absolute atomic E-state index is 0.471. The van der Waals surface area contributed by atoms with Crippen molar-refractivity contribution in [3.63, 3.8) is 0 Å². The summed E-state index contributed by atoms with van der Waals surface area (Å²) < 4.78 is 10.5. The van der Waals surface area contributed by atoms with Gasteiger partial charge in [0.15, 0.2) is 0 Å². The number of aliphatic carboxylic acids is 1. The first-order valence-electron chi connectivity index (χ1n) is 9.58. The summed E-state index contributed by atoms with van der Waals surface area (Å²) in [5, 5.41) is 9.83. The fourth-order valence-corrected chi connectivity index (χ4v) is 3.49. The molecule has 6 heteroatoms. The molecule has 0 unspecified atom stereocenters. The second-order valence-corrected chi connectivity index (χ2v) is 7.01. The third-order valence-corrected chi connectivity index (χ3v) is 5.06. The maximum absolute atomic E-state index is 12.0. The van der Waals surface area contributed by atoms with Gasteiger partial charge in [-0.1, -0.05) is 29.8 Å². The monoisotopic (exact) mass is 384 g/mol. The quantitative estimate of drug-likeness (QED) is 0.706. The Hall–Kier alpha value is -2.57. The average Bonchev–Trinajstić information content (AvgIpc) is 2.70. The molecule has 0 spiro atoms. The predicted molar refractivity (Wildman–Crippen MR) is 109 cm³/mol. The Morgan fingerprint density at radius 3 is 2.21 bits per heavy atom. The lowest BCUT2D eigenvalue weighted by molar-refractivity contribution is -0.143. The lowest BCUT2D eigenvalue weighted by Crippen LogP contribution is -2.49. The van der Waals surface area contributed by atoms with E-state index in [2.05, 4.69) is 36.1 Å². The Bertz CT molecular complexity index is 753. The number of aryl methyl sites for hydroxylation is 1. The van der Waals surface area contributed by atoms with Crippen molar-refractivity contribution < 1.29 is 19.4 Å². The standard InChI is InChI=1S/C22H28N2O4/c1-17-3-7-19(8-4-17)23-11-13-24(14-12-23)21(22(25)26)18-5-9-20(10-6-18)28-16-15-27-2/h3-10,21H,11-16H2,1-2H3,(H,25,26)/t21-/m0/s1. The van der Waals surface area contributed by atoms with E-state index in [0.29, 0.717) is 32.1 Å². The number of ether oxygens (including phenoxy) is 2. The molecule has 0 saturated carbocycles. The molecule has 2 aromatic rings. The number of anilines is 1. The van der Waals surface area contributed by atoms with Gasteiger partial charge in [-0.05, 0) is 36.8 Å². The van der Waals surface area contributed by atoms with Gasteiger partial charge in [-0.3, -0.25) is 9.69 Å². The summed E-state index contributed by atoms with van der Waals surface area (Å²) in [5.74, 6) is -0.106. The first-order chi connectivity index (χ1) is 13.6. The van der Waals surface area contributed by atoms with Gasteiger partial charge >= 0.3 is 5.97 Å². The van der Waals surface area contributed by atoms with Gasteiger partial charge in [0.2, 0.25) is 0 Å². The smallest absolute Gasteiger partial charge is 0.325 e. The summed E-state index contributed by atoms with van der Waals surface area (Å²) >= 11 is 0. The summed E-state index contributed by atoms with van der Waals surface area (Å²) in [7, 11) is 1.63. The van der Waals surface area contributed by atoms with Crippen LogP contribution in [0.3, 0.4) is 0 Å². The summed E-state index contributed by atoms with van der Waals surface area (Å²) in [6, 6.07) is 15.2. The number of carboxylic acids is 1. The number of nitrogens with zero attached hydrogens (tertiary/aromatic N) is 2. The SMILES string of the molecule is COCCOc1ccc([C@@H](C(=O)O)N2CCN(c3ccc(C)cc3)CC2)cc1. The number of benzene rings is 2. The average molecular weight is 384 g/mol. The molecule has 1 heterocycles. The summed E-state index contributed by atoms with van der Waals surface area (Å²) in [4.78, 5) is 16.3. The second kappa shape index (κ2) is 9.57. The zero-order valence-electron chi connectivity index (χ0n) is 16.5. The van der Waals surface area contributed by atoms with Gasteiger partial charge in [0, 0.05) is 39.0 Å².